The Morgan fingerprint density at radius 3 is 2.20 bits per heavy atom. The second kappa shape index (κ2) is 9.72. The average Bonchev–Trinajstić information content (AvgIpc) is 2.83. The van der Waals surface area contributed by atoms with Gasteiger partial charge in [0.2, 0.25) is 0 Å². The summed E-state index contributed by atoms with van der Waals surface area (Å²) < 4.78 is 5.28. The summed E-state index contributed by atoms with van der Waals surface area (Å²) >= 11 is 0. The van der Waals surface area contributed by atoms with Gasteiger partial charge in [0, 0.05) is 12.4 Å². The quantitative estimate of drug-likeness (QED) is 0.348. The maximum Gasteiger partial charge on any atom is 0.118 e. The van der Waals surface area contributed by atoms with Gasteiger partial charge in [-0.2, -0.15) is 0 Å². The highest BCUT2D eigenvalue weighted by molar-refractivity contribution is 5.67. The smallest absolute Gasteiger partial charge is 0.118 e. The van der Waals surface area contributed by atoms with Crippen LogP contribution in [0, 0.1) is 0 Å². The van der Waals surface area contributed by atoms with E-state index in [-0.39, 0.29) is 0 Å². The minimum Gasteiger partial charge on any atom is -0.497 e. The summed E-state index contributed by atoms with van der Waals surface area (Å²) in [6, 6.07) is 30.6. The Morgan fingerprint density at radius 2 is 1.47 bits per heavy atom. The number of pyridine rings is 1. The average molecular weight is 396 g/mol. The predicted molar refractivity (Wildman–Crippen MR) is 120 cm³/mol. The van der Waals surface area contributed by atoms with Crippen LogP contribution in [0.1, 0.15) is 11.1 Å². The van der Waals surface area contributed by atoms with Gasteiger partial charge in [-0.05, 0) is 58.7 Å². The van der Waals surface area contributed by atoms with Crippen molar-refractivity contribution in [1.82, 2.24) is 4.98 Å². The Balaban J connectivity index is 1.56. The van der Waals surface area contributed by atoms with Crippen molar-refractivity contribution in [2.75, 3.05) is 12.2 Å². The number of aromatic nitrogens is 1. The zero-order valence-corrected chi connectivity index (χ0v) is 16.9. The molecule has 30 heavy (non-hydrogen) atoms. The van der Waals surface area contributed by atoms with Gasteiger partial charge in [0.1, 0.15) is 12.4 Å². The van der Waals surface area contributed by atoms with Crippen molar-refractivity contribution in [3.8, 4) is 16.9 Å². The molecule has 4 heteroatoms. The zero-order valence-electron chi connectivity index (χ0n) is 16.9. The first-order valence-corrected chi connectivity index (χ1v) is 9.90. The largest absolute Gasteiger partial charge is 0.497 e. The molecule has 1 heterocycles. The number of hydrogen-bond donors (Lipinski definition) is 0. The van der Waals surface area contributed by atoms with Crippen LogP contribution in [-0.4, -0.2) is 12.1 Å². The Bertz CT molecular complexity index is 1050. The van der Waals surface area contributed by atoms with Crippen LogP contribution in [0.3, 0.4) is 0 Å². The van der Waals surface area contributed by atoms with Crippen molar-refractivity contribution >= 4 is 5.69 Å². The fourth-order valence-electron chi connectivity index (χ4n) is 3.31. The van der Waals surface area contributed by atoms with Crippen molar-refractivity contribution in [3.63, 3.8) is 0 Å². The Kier molecular flexibility index (Phi) is 6.38. The minimum absolute atomic E-state index is 0.460. The molecule has 0 fully saturated rings. The van der Waals surface area contributed by atoms with Gasteiger partial charge in [-0.25, -0.2) is 5.06 Å². The lowest BCUT2D eigenvalue weighted by Crippen LogP contribution is -2.23. The first kappa shape index (κ1) is 19.7. The van der Waals surface area contributed by atoms with Crippen molar-refractivity contribution in [2.24, 2.45) is 0 Å². The van der Waals surface area contributed by atoms with Gasteiger partial charge in [0.25, 0.3) is 0 Å². The molecule has 0 N–H and O–H groups in total. The molecule has 0 atom stereocenters. The number of para-hydroxylation sites is 1. The number of ether oxygens (including phenoxy) is 1. The first-order chi connectivity index (χ1) is 14.8. The normalized spacial score (nSPS) is 10.6. The van der Waals surface area contributed by atoms with Gasteiger partial charge in [0.15, 0.2) is 0 Å². The van der Waals surface area contributed by atoms with E-state index in [1.807, 2.05) is 53.6 Å². The van der Waals surface area contributed by atoms with E-state index in [9.17, 15) is 0 Å². The lowest BCUT2D eigenvalue weighted by Gasteiger charge is -2.25. The third-order valence-electron chi connectivity index (χ3n) is 4.91. The molecule has 4 nitrogen and oxygen atoms in total. The number of benzene rings is 3. The van der Waals surface area contributed by atoms with Gasteiger partial charge in [-0.3, -0.25) is 9.82 Å². The van der Waals surface area contributed by atoms with Crippen molar-refractivity contribution in [2.45, 2.75) is 13.2 Å². The maximum absolute atomic E-state index is 6.31. The Labute approximate surface area is 177 Å². The molecule has 0 unspecified atom stereocenters. The molecule has 3 aromatic carbocycles. The third-order valence-corrected chi connectivity index (χ3v) is 4.91. The van der Waals surface area contributed by atoms with E-state index in [2.05, 4.69) is 47.4 Å². The summed E-state index contributed by atoms with van der Waals surface area (Å²) in [5.41, 5.74) is 5.55. The van der Waals surface area contributed by atoms with E-state index in [1.165, 1.54) is 0 Å². The summed E-state index contributed by atoms with van der Waals surface area (Å²) in [6.07, 6.45) is 3.61. The topological polar surface area (TPSA) is 34.6 Å². The SMILES string of the molecule is COc1ccc(-c2ccccc2CON(Cc2ccncc2)c2ccccc2)cc1. The van der Waals surface area contributed by atoms with Gasteiger partial charge < -0.3 is 4.74 Å². The minimum atomic E-state index is 0.460. The number of nitrogens with zero attached hydrogens (tertiary/aromatic N) is 2. The molecule has 0 bridgehead atoms. The van der Waals surface area contributed by atoms with Gasteiger partial charge in [-0.1, -0.05) is 54.6 Å². The number of anilines is 1. The molecule has 0 amide bonds. The highest BCUT2D eigenvalue weighted by Crippen LogP contribution is 2.27. The summed E-state index contributed by atoms with van der Waals surface area (Å²) in [5.74, 6) is 0.847. The van der Waals surface area contributed by atoms with E-state index >= 15 is 0 Å². The number of hydrogen-bond acceptors (Lipinski definition) is 4. The summed E-state index contributed by atoms with van der Waals surface area (Å²) in [5, 5.41) is 1.93. The van der Waals surface area contributed by atoms with Crippen LogP contribution >= 0.6 is 0 Å². The molecule has 0 aliphatic carbocycles. The maximum atomic E-state index is 6.31. The Morgan fingerprint density at radius 1 is 0.767 bits per heavy atom. The second-order valence-corrected chi connectivity index (χ2v) is 6.89. The van der Waals surface area contributed by atoms with Crippen LogP contribution in [0.5, 0.6) is 5.75 Å². The Hall–Kier alpha value is -3.63. The van der Waals surface area contributed by atoms with Gasteiger partial charge in [0.05, 0.1) is 19.3 Å². The van der Waals surface area contributed by atoms with Gasteiger partial charge >= 0.3 is 0 Å². The molecular weight excluding hydrogens is 372 g/mol. The molecule has 0 spiro atoms. The van der Waals surface area contributed by atoms with E-state index in [1.54, 1.807) is 19.5 Å². The van der Waals surface area contributed by atoms with E-state index < -0.39 is 0 Å². The standard InChI is InChI=1S/C26H24N2O2/c1-29-25-13-11-22(12-14-25)26-10-6-5-7-23(26)20-30-28(24-8-3-2-4-9-24)19-21-15-17-27-18-16-21/h2-18H,19-20H2,1H3. The highest BCUT2D eigenvalue weighted by Gasteiger charge is 2.11. The summed E-state index contributed by atoms with van der Waals surface area (Å²) in [4.78, 5) is 10.4. The van der Waals surface area contributed by atoms with E-state index in [4.69, 9.17) is 9.57 Å². The van der Waals surface area contributed by atoms with E-state index in [0.29, 0.717) is 13.2 Å². The van der Waals surface area contributed by atoms with Crippen LogP contribution in [0.2, 0.25) is 0 Å². The van der Waals surface area contributed by atoms with Crippen molar-refractivity contribution in [1.29, 1.82) is 0 Å². The summed E-state index contributed by atoms with van der Waals surface area (Å²) in [6.45, 7) is 1.10. The number of rotatable bonds is 8. The fourth-order valence-corrected chi connectivity index (χ4v) is 3.31. The monoisotopic (exact) mass is 396 g/mol. The molecule has 0 radical (unpaired) electrons. The lowest BCUT2D eigenvalue weighted by molar-refractivity contribution is 0.0911. The first-order valence-electron chi connectivity index (χ1n) is 9.90. The second-order valence-electron chi connectivity index (χ2n) is 6.89. The highest BCUT2D eigenvalue weighted by atomic mass is 16.7. The fraction of sp³-hybridized carbons (Fsp3) is 0.115. The molecule has 0 saturated heterocycles. The van der Waals surface area contributed by atoms with Crippen LogP contribution in [-0.2, 0) is 18.0 Å². The molecule has 4 rings (SSSR count). The van der Waals surface area contributed by atoms with Crippen LogP contribution in [0.4, 0.5) is 5.69 Å². The number of hydroxylamine groups is 1. The lowest BCUT2D eigenvalue weighted by atomic mass is 10.0. The molecule has 1 aromatic heterocycles. The molecular formula is C26H24N2O2. The molecule has 150 valence electrons. The van der Waals surface area contributed by atoms with E-state index in [0.717, 1.165) is 33.7 Å². The van der Waals surface area contributed by atoms with Gasteiger partial charge in [-0.15, -0.1) is 0 Å². The predicted octanol–water partition coefficient (Wildman–Crippen LogP) is 5.90. The molecule has 0 saturated carbocycles. The number of methoxy groups -OCH3 is 1. The third kappa shape index (κ3) is 4.85. The molecule has 4 aromatic rings. The van der Waals surface area contributed by atoms with Crippen LogP contribution < -0.4 is 9.80 Å². The molecule has 0 aliphatic heterocycles. The van der Waals surface area contributed by atoms with Crippen LogP contribution in [0.25, 0.3) is 11.1 Å². The summed E-state index contributed by atoms with van der Waals surface area (Å²) in [7, 11) is 1.68. The molecule has 0 aliphatic rings. The van der Waals surface area contributed by atoms with Crippen molar-refractivity contribution < 1.29 is 9.57 Å². The van der Waals surface area contributed by atoms with Crippen molar-refractivity contribution in [3.05, 3.63) is 115 Å². The van der Waals surface area contributed by atoms with Crippen LogP contribution in [0.15, 0.2) is 103 Å². The zero-order chi connectivity index (χ0) is 20.6.